The van der Waals surface area contributed by atoms with Crippen LogP contribution in [0, 0.1) is 6.92 Å². The maximum Gasteiger partial charge on any atom is 0.338 e. The van der Waals surface area contributed by atoms with Gasteiger partial charge in [-0.15, -0.1) is 0 Å². The highest BCUT2D eigenvalue weighted by Gasteiger charge is 2.29. The van der Waals surface area contributed by atoms with Gasteiger partial charge in [0.25, 0.3) is 5.91 Å². The summed E-state index contributed by atoms with van der Waals surface area (Å²) in [4.78, 5) is 26.5. The molecule has 1 aromatic carbocycles. The molecule has 0 spiro atoms. The summed E-state index contributed by atoms with van der Waals surface area (Å²) in [5.41, 5.74) is 2.30. The lowest BCUT2D eigenvalue weighted by molar-refractivity contribution is -0.140. The van der Waals surface area contributed by atoms with Crippen LogP contribution in [-0.4, -0.2) is 45.2 Å². The summed E-state index contributed by atoms with van der Waals surface area (Å²) in [7, 11) is 0. The van der Waals surface area contributed by atoms with Gasteiger partial charge in [0, 0.05) is 24.0 Å². The highest BCUT2D eigenvalue weighted by molar-refractivity contribution is 5.91. The molecule has 1 amide bonds. The summed E-state index contributed by atoms with van der Waals surface area (Å²) in [6.45, 7) is 5.84. The second kappa shape index (κ2) is 7.72. The Labute approximate surface area is 153 Å². The average Bonchev–Trinajstić information content (AvgIpc) is 3.05. The Morgan fingerprint density at radius 3 is 2.35 bits per heavy atom. The predicted octanol–water partition coefficient (Wildman–Crippen LogP) is 3.13. The fraction of sp³-hybridized carbons (Fsp3) is 0.450. The molecule has 6 heteroatoms. The minimum Gasteiger partial charge on any atom is -0.452 e. The number of hydrogen-bond acceptors (Lipinski definition) is 4. The molecule has 6 nitrogen and oxygen atoms in total. The van der Waals surface area contributed by atoms with Crippen LogP contribution in [0.15, 0.2) is 36.5 Å². The number of nitrogens with zero attached hydrogens (tertiary/aromatic N) is 3. The van der Waals surface area contributed by atoms with E-state index in [9.17, 15) is 9.59 Å². The lowest BCUT2D eigenvalue weighted by atomic mass is 9.97. The van der Waals surface area contributed by atoms with Gasteiger partial charge in [0.1, 0.15) is 0 Å². The molecule has 2 aromatic rings. The van der Waals surface area contributed by atoms with Gasteiger partial charge < -0.3 is 9.64 Å². The smallest absolute Gasteiger partial charge is 0.338 e. The van der Waals surface area contributed by atoms with Gasteiger partial charge >= 0.3 is 5.97 Å². The minimum absolute atomic E-state index is 0.123. The van der Waals surface area contributed by atoms with Crippen LogP contribution in [0.2, 0.25) is 0 Å². The van der Waals surface area contributed by atoms with Crippen molar-refractivity contribution in [1.82, 2.24) is 14.7 Å². The third kappa shape index (κ3) is 3.79. The molecule has 0 N–H and O–H groups in total. The van der Waals surface area contributed by atoms with Crippen LogP contribution in [0.3, 0.4) is 0 Å². The first-order valence-corrected chi connectivity index (χ1v) is 9.06. The Kier molecular flexibility index (Phi) is 5.40. The highest BCUT2D eigenvalue weighted by Crippen LogP contribution is 2.22. The summed E-state index contributed by atoms with van der Waals surface area (Å²) in [5, 5.41) is 4.24. The Balaban J connectivity index is 1.60. The van der Waals surface area contributed by atoms with Gasteiger partial charge in [0.2, 0.25) is 0 Å². The molecule has 0 saturated carbocycles. The second-order valence-electron chi connectivity index (χ2n) is 6.94. The fourth-order valence-corrected chi connectivity index (χ4v) is 3.58. The van der Waals surface area contributed by atoms with E-state index in [1.807, 2.05) is 43.9 Å². The normalized spacial score (nSPS) is 20.0. The largest absolute Gasteiger partial charge is 0.452 e. The van der Waals surface area contributed by atoms with Crippen LogP contribution in [0.1, 0.15) is 49.2 Å². The van der Waals surface area contributed by atoms with Gasteiger partial charge in [-0.3, -0.25) is 4.79 Å². The van der Waals surface area contributed by atoms with Crippen LogP contribution in [-0.2, 0) is 9.53 Å². The molecule has 2 heterocycles. The van der Waals surface area contributed by atoms with Crippen molar-refractivity contribution in [2.45, 2.75) is 52.1 Å². The quantitative estimate of drug-likeness (QED) is 0.791. The van der Waals surface area contributed by atoms with Crippen molar-refractivity contribution < 1.29 is 14.3 Å². The molecular weight excluding hydrogens is 330 g/mol. The van der Waals surface area contributed by atoms with E-state index >= 15 is 0 Å². The van der Waals surface area contributed by atoms with Gasteiger partial charge in [-0.25, -0.2) is 9.48 Å². The number of benzene rings is 1. The van der Waals surface area contributed by atoms with Crippen molar-refractivity contribution in [3.8, 4) is 5.69 Å². The number of likely N-dealkylation sites (tertiary alicyclic amines) is 1. The average molecular weight is 355 g/mol. The molecule has 1 aliphatic heterocycles. The number of rotatable bonds is 4. The number of carbonyl (C=O) groups excluding carboxylic acids is 2. The van der Waals surface area contributed by atoms with E-state index in [0.717, 1.165) is 30.6 Å². The summed E-state index contributed by atoms with van der Waals surface area (Å²) in [6.07, 6.45) is 4.86. The van der Waals surface area contributed by atoms with Crippen LogP contribution in [0.4, 0.5) is 0 Å². The molecule has 1 fully saturated rings. The first kappa shape index (κ1) is 18.2. The standard InChI is InChI=1S/C20H25N3O3/c1-14-5-4-6-15(2)22(14)19(24)13-26-20(25)17-7-9-18(10-8-17)23-16(3)11-12-21-23/h7-12,14-15H,4-6,13H2,1-3H3/t14-,15-/m1/s1. The maximum absolute atomic E-state index is 12.4. The monoisotopic (exact) mass is 355 g/mol. The van der Waals surface area contributed by atoms with E-state index in [4.69, 9.17) is 4.74 Å². The van der Waals surface area contributed by atoms with Gasteiger partial charge in [-0.05, 0) is 70.4 Å². The topological polar surface area (TPSA) is 64.4 Å². The maximum atomic E-state index is 12.4. The molecule has 26 heavy (non-hydrogen) atoms. The molecule has 0 aliphatic carbocycles. The number of ether oxygens (including phenoxy) is 1. The van der Waals surface area contributed by atoms with Crippen LogP contribution >= 0.6 is 0 Å². The zero-order valence-corrected chi connectivity index (χ0v) is 15.5. The van der Waals surface area contributed by atoms with E-state index in [2.05, 4.69) is 5.10 Å². The van der Waals surface area contributed by atoms with Crippen molar-refractivity contribution in [3.63, 3.8) is 0 Å². The van der Waals surface area contributed by atoms with Gasteiger partial charge in [0.05, 0.1) is 11.3 Å². The summed E-state index contributed by atoms with van der Waals surface area (Å²) in [5.74, 6) is -0.610. The van der Waals surface area contributed by atoms with Crippen LogP contribution in [0.5, 0.6) is 0 Å². The van der Waals surface area contributed by atoms with Gasteiger partial charge in [-0.2, -0.15) is 5.10 Å². The summed E-state index contributed by atoms with van der Waals surface area (Å²) < 4.78 is 7.03. The number of piperidine rings is 1. The van der Waals surface area contributed by atoms with Gasteiger partial charge in [-0.1, -0.05) is 0 Å². The number of aryl methyl sites for hydroxylation is 1. The third-order valence-electron chi connectivity index (χ3n) is 4.99. The highest BCUT2D eigenvalue weighted by atomic mass is 16.5. The molecule has 2 atom stereocenters. The van der Waals surface area contributed by atoms with E-state index in [0.29, 0.717) is 5.56 Å². The van der Waals surface area contributed by atoms with Crippen LogP contribution in [0.25, 0.3) is 5.69 Å². The Hall–Kier alpha value is -2.63. The van der Waals surface area contributed by atoms with Crippen molar-refractivity contribution in [2.75, 3.05) is 6.61 Å². The summed E-state index contributed by atoms with van der Waals surface area (Å²) >= 11 is 0. The molecule has 0 radical (unpaired) electrons. The molecule has 1 saturated heterocycles. The van der Waals surface area contributed by atoms with Crippen molar-refractivity contribution >= 4 is 11.9 Å². The Morgan fingerprint density at radius 1 is 1.12 bits per heavy atom. The Bertz CT molecular complexity index is 772. The Morgan fingerprint density at radius 2 is 1.77 bits per heavy atom. The fourth-order valence-electron chi connectivity index (χ4n) is 3.58. The minimum atomic E-state index is -0.487. The van der Waals surface area contributed by atoms with Gasteiger partial charge in [0.15, 0.2) is 6.61 Å². The van der Waals surface area contributed by atoms with E-state index < -0.39 is 5.97 Å². The second-order valence-corrected chi connectivity index (χ2v) is 6.94. The van der Waals surface area contributed by atoms with E-state index in [1.54, 1.807) is 23.0 Å². The number of esters is 1. The van der Waals surface area contributed by atoms with E-state index in [1.165, 1.54) is 0 Å². The zero-order valence-electron chi connectivity index (χ0n) is 15.5. The summed E-state index contributed by atoms with van der Waals surface area (Å²) in [6, 6.07) is 9.31. The first-order valence-electron chi connectivity index (χ1n) is 9.06. The molecular formula is C20H25N3O3. The van der Waals surface area contributed by atoms with Crippen molar-refractivity contribution in [3.05, 3.63) is 47.8 Å². The molecule has 1 aliphatic rings. The molecule has 0 unspecified atom stereocenters. The zero-order chi connectivity index (χ0) is 18.7. The lowest BCUT2D eigenvalue weighted by Gasteiger charge is -2.38. The van der Waals surface area contributed by atoms with Crippen molar-refractivity contribution in [1.29, 1.82) is 0 Å². The SMILES string of the molecule is Cc1ccnn1-c1ccc(C(=O)OCC(=O)N2[C@H](C)CCC[C@H]2C)cc1. The van der Waals surface area contributed by atoms with Crippen molar-refractivity contribution in [2.24, 2.45) is 0 Å². The predicted molar refractivity (Wildman–Crippen MR) is 98.2 cm³/mol. The molecule has 138 valence electrons. The number of carbonyl (C=O) groups is 2. The number of aromatic nitrogens is 2. The molecule has 3 rings (SSSR count). The third-order valence-corrected chi connectivity index (χ3v) is 4.99. The number of amides is 1. The first-order chi connectivity index (χ1) is 12.5. The van der Waals surface area contributed by atoms with Crippen LogP contribution < -0.4 is 0 Å². The number of hydrogen-bond donors (Lipinski definition) is 0. The molecule has 1 aromatic heterocycles. The molecule has 0 bridgehead atoms. The lowest BCUT2D eigenvalue weighted by Crippen LogP contribution is -2.49. The van der Waals surface area contributed by atoms with E-state index in [-0.39, 0.29) is 24.6 Å².